The summed E-state index contributed by atoms with van der Waals surface area (Å²) in [6.07, 6.45) is 3.79. The van der Waals surface area contributed by atoms with Crippen molar-refractivity contribution in [1.29, 1.82) is 0 Å². The highest BCUT2D eigenvalue weighted by atomic mass is 16.5. The lowest BCUT2D eigenvalue weighted by atomic mass is 10.1. The van der Waals surface area contributed by atoms with Crippen molar-refractivity contribution in [3.63, 3.8) is 0 Å². The monoisotopic (exact) mass is 385 g/mol. The van der Waals surface area contributed by atoms with Crippen LogP contribution in [-0.4, -0.2) is 23.3 Å². The van der Waals surface area contributed by atoms with Crippen molar-refractivity contribution < 1.29 is 9.47 Å². The molecule has 0 saturated heterocycles. The SMILES string of the molecule is COc1ccc(Oc2ccc(N=Cc3[nH]c(-c4ccc[nH]4)c(C)c3C)cc2)cc1. The average Bonchev–Trinajstić information content (AvgIpc) is 3.38. The summed E-state index contributed by atoms with van der Waals surface area (Å²) < 4.78 is 11.0. The Morgan fingerprint density at radius 3 is 2.10 bits per heavy atom. The van der Waals surface area contributed by atoms with E-state index < -0.39 is 0 Å². The molecule has 0 atom stereocenters. The molecule has 2 aromatic carbocycles. The highest BCUT2D eigenvalue weighted by molar-refractivity contribution is 5.85. The molecule has 0 saturated carbocycles. The first kappa shape index (κ1) is 18.6. The van der Waals surface area contributed by atoms with Crippen LogP contribution in [0.4, 0.5) is 5.69 Å². The number of rotatable bonds is 6. The number of methoxy groups -OCH3 is 1. The third-order valence-electron chi connectivity index (χ3n) is 4.94. The van der Waals surface area contributed by atoms with E-state index in [0.717, 1.165) is 40.0 Å². The van der Waals surface area contributed by atoms with Crippen LogP contribution >= 0.6 is 0 Å². The van der Waals surface area contributed by atoms with Gasteiger partial charge in [0.05, 0.1) is 36.1 Å². The maximum absolute atomic E-state index is 5.86. The first-order valence-corrected chi connectivity index (χ1v) is 9.43. The lowest BCUT2D eigenvalue weighted by molar-refractivity contribution is 0.413. The lowest BCUT2D eigenvalue weighted by Gasteiger charge is -2.06. The third kappa shape index (κ3) is 4.09. The number of aliphatic imine (C=N–C) groups is 1. The van der Waals surface area contributed by atoms with Gasteiger partial charge in [-0.3, -0.25) is 4.99 Å². The molecular weight excluding hydrogens is 362 g/mol. The van der Waals surface area contributed by atoms with Gasteiger partial charge in [0.1, 0.15) is 17.2 Å². The van der Waals surface area contributed by atoms with Crippen LogP contribution in [0.15, 0.2) is 71.9 Å². The van der Waals surface area contributed by atoms with E-state index in [2.05, 4.69) is 34.9 Å². The summed E-state index contributed by atoms with van der Waals surface area (Å²) in [6, 6.07) is 19.2. The van der Waals surface area contributed by atoms with Crippen LogP contribution in [0.3, 0.4) is 0 Å². The van der Waals surface area contributed by atoms with E-state index in [1.54, 1.807) is 7.11 Å². The molecule has 4 rings (SSSR count). The minimum atomic E-state index is 0.759. The van der Waals surface area contributed by atoms with Crippen molar-refractivity contribution in [2.45, 2.75) is 13.8 Å². The van der Waals surface area contributed by atoms with Crippen molar-refractivity contribution in [3.05, 3.63) is 83.7 Å². The van der Waals surface area contributed by atoms with Crippen LogP contribution in [0.2, 0.25) is 0 Å². The molecule has 29 heavy (non-hydrogen) atoms. The molecule has 0 unspecified atom stereocenters. The standard InChI is InChI=1S/C24H23N3O2/c1-16-17(2)24(22-5-4-14-25-22)27-23(16)15-26-18-6-8-20(9-7-18)29-21-12-10-19(28-3)11-13-21/h4-15,25,27H,1-3H3. The van der Waals surface area contributed by atoms with E-state index in [1.165, 1.54) is 11.1 Å². The normalized spacial score (nSPS) is 11.1. The van der Waals surface area contributed by atoms with Crippen LogP contribution in [-0.2, 0) is 0 Å². The van der Waals surface area contributed by atoms with Gasteiger partial charge in [0, 0.05) is 6.20 Å². The van der Waals surface area contributed by atoms with Crippen LogP contribution in [0.1, 0.15) is 16.8 Å². The molecule has 0 spiro atoms. The topological polar surface area (TPSA) is 62.4 Å². The highest BCUT2D eigenvalue weighted by Crippen LogP contribution is 2.27. The van der Waals surface area contributed by atoms with Gasteiger partial charge in [0.25, 0.3) is 0 Å². The lowest BCUT2D eigenvalue weighted by Crippen LogP contribution is -1.86. The van der Waals surface area contributed by atoms with Crippen molar-refractivity contribution in [1.82, 2.24) is 9.97 Å². The Hall–Kier alpha value is -3.73. The van der Waals surface area contributed by atoms with Gasteiger partial charge in [-0.05, 0) is 85.6 Å². The smallest absolute Gasteiger partial charge is 0.127 e. The quantitative estimate of drug-likeness (QED) is 0.389. The van der Waals surface area contributed by atoms with Gasteiger partial charge in [-0.25, -0.2) is 0 Å². The first-order valence-electron chi connectivity index (χ1n) is 9.43. The van der Waals surface area contributed by atoms with E-state index in [-0.39, 0.29) is 0 Å². The van der Waals surface area contributed by atoms with Gasteiger partial charge >= 0.3 is 0 Å². The molecule has 0 bridgehead atoms. The molecule has 4 aromatic rings. The Morgan fingerprint density at radius 1 is 0.828 bits per heavy atom. The molecule has 2 heterocycles. The number of ether oxygens (including phenoxy) is 2. The number of nitrogens with one attached hydrogen (secondary N) is 2. The zero-order valence-corrected chi connectivity index (χ0v) is 16.7. The number of nitrogens with zero attached hydrogens (tertiary/aromatic N) is 1. The molecule has 146 valence electrons. The van der Waals surface area contributed by atoms with Gasteiger partial charge in [0.15, 0.2) is 0 Å². The maximum Gasteiger partial charge on any atom is 0.127 e. The summed E-state index contributed by atoms with van der Waals surface area (Å²) in [4.78, 5) is 11.3. The van der Waals surface area contributed by atoms with Crippen molar-refractivity contribution in [2.75, 3.05) is 7.11 Å². The molecule has 5 nitrogen and oxygen atoms in total. The second-order valence-electron chi connectivity index (χ2n) is 6.78. The fourth-order valence-electron chi connectivity index (χ4n) is 3.12. The maximum atomic E-state index is 5.86. The minimum Gasteiger partial charge on any atom is -0.497 e. The average molecular weight is 385 g/mol. The first-order chi connectivity index (χ1) is 14.1. The summed E-state index contributed by atoms with van der Waals surface area (Å²) in [6.45, 7) is 4.22. The van der Waals surface area contributed by atoms with Gasteiger partial charge in [-0.2, -0.15) is 0 Å². The zero-order valence-electron chi connectivity index (χ0n) is 16.7. The number of hydrogen-bond donors (Lipinski definition) is 2. The second-order valence-corrected chi connectivity index (χ2v) is 6.78. The van der Waals surface area contributed by atoms with E-state index in [9.17, 15) is 0 Å². The Kier molecular flexibility index (Phi) is 5.20. The second kappa shape index (κ2) is 8.10. The molecule has 0 aliphatic rings. The Balaban J connectivity index is 1.47. The van der Waals surface area contributed by atoms with E-state index >= 15 is 0 Å². The molecule has 5 heteroatoms. The van der Waals surface area contributed by atoms with Crippen molar-refractivity contribution in [2.24, 2.45) is 4.99 Å². The van der Waals surface area contributed by atoms with Gasteiger partial charge < -0.3 is 19.4 Å². The summed E-state index contributed by atoms with van der Waals surface area (Å²) in [7, 11) is 1.64. The van der Waals surface area contributed by atoms with Crippen LogP contribution in [0.5, 0.6) is 17.2 Å². The Morgan fingerprint density at radius 2 is 1.48 bits per heavy atom. The minimum absolute atomic E-state index is 0.759. The Labute approximate surface area is 170 Å². The molecule has 2 N–H and O–H groups in total. The summed E-state index contributed by atoms with van der Waals surface area (Å²) >= 11 is 0. The zero-order chi connectivity index (χ0) is 20.2. The fraction of sp³-hybridized carbons (Fsp3) is 0.125. The van der Waals surface area contributed by atoms with Gasteiger partial charge in [0.2, 0.25) is 0 Å². The summed E-state index contributed by atoms with van der Waals surface area (Å²) in [5.41, 5.74) is 6.45. The van der Waals surface area contributed by atoms with Gasteiger partial charge in [-0.1, -0.05) is 0 Å². The molecular formula is C24H23N3O2. The predicted molar refractivity (Wildman–Crippen MR) is 117 cm³/mol. The predicted octanol–water partition coefficient (Wildman–Crippen LogP) is 6.18. The third-order valence-corrected chi connectivity index (χ3v) is 4.94. The van der Waals surface area contributed by atoms with E-state index in [0.29, 0.717) is 0 Å². The fourth-order valence-corrected chi connectivity index (χ4v) is 3.12. The molecule has 0 fully saturated rings. The number of benzene rings is 2. The molecule has 0 aliphatic heterocycles. The summed E-state index contributed by atoms with van der Waals surface area (Å²) in [5, 5.41) is 0. The number of aromatic amines is 2. The number of aromatic nitrogens is 2. The highest BCUT2D eigenvalue weighted by Gasteiger charge is 2.11. The van der Waals surface area contributed by atoms with Crippen LogP contribution in [0, 0.1) is 13.8 Å². The summed E-state index contributed by atoms with van der Waals surface area (Å²) in [5.74, 6) is 2.32. The van der Waals surface area contributed by atoms with Crippen molar-refractivity contribution >= 4 is 11.9 Å². The molecule has 0 aliphatic carbocycles. The molecule has 2 aromatic heterocycles. The van der Waals surface area contributed by atoms with Gasteiger partial charge in [-0.15, -0.1) is 0 Å². The van der Waals surface area contributed by atoms with Crippen LogP contribution in [0.25, 0.3) is 11.4 Å². The Bertz CT molecular complexity index is 1110. The number of hydrogen-bond acceptors (Lipinski definition) is 3. The largest absolute Gasteiger partial charge is 0.497 e. The molecule has 0 radical (unpaired) electrons. The number of H-pyrrole nitrogens is 2. The van der Waals surface area contributed by atoms with E-state index in [1.807, 2.05) is 67.0 Å². The van der Waals surface area contributed by atoms with Crippen LogP contribution < -0.4 is 9.47 Å². The molecule has 0 amide bonds. The van der Waals surface area contributed by atoms with E-state index in [4.69, 9.17) is 9.47 Å². The van der Waals surface area contributed by atoms with Crippen molar-refractivity contribution in [3.8, 4) is 28.6 Å².